The Balaban J connectivity index is 0.000000707. The van der Waals surface area contributed by atoms with Crippen LogP contribution in [0.2, 0.25) is 0 Å². The van der Waals surface area contributed by atoms with Crippen molar-refractivity contribution in [1.29, 1.82) is 0 Å². The fourth-order valence-electron chi connectivity index (χ4n) is 9.14. The molecule has 0 heterocycles. The standard InChI is InChI=1S/C27H32F9O3.C17H34N2O2PS2.CH4.U/c1-3-37-17-6-8-18-16(15-17)5-7-20-19(18)11-12-23(2)21(20)9-10-22(23)38-13-4-14-39-24(25(28,29)30,26(31,32)33)27(34,35)36;1-15(2)19(16(3)4)22(21-13-11-18-8)20-12-9-10-14-23-24-17(5,6)7;;/h6,8,15,19-22H,1,3-5,7,9-14H2,2H3;15-16H,5,9-14H2,1-4,6-7H3;1H4;/q2*-1;;+2. The summed E-state index contributed by atoms with van der Waals surface area (Å²) in [6.45, 7) is 29.8. The van der Waals surface area contributed by atoms with Crippen LogP contribution in [0.4, 0.5) is 39.5 Å². The van der Waals surface area contributed by atoms with Gasteiger partial charge >= 0.3 is 55.2 Å². The molecule has 3 aliphatic carbocycles. The number of nitrogens with zero attached hydrogens (tertiary/aromatic N) is 2. The zero-order chi connectivity index (χ0) is 47.4. The van der Waals surface area contributed by atoms with Crippen molar-refractivity contribution in [3.05, 3.63) is 54.6 Å². The minimum Gasteiger partial charge on any atom is -0.525 e. The molecular weight excluding hydrogens is 1150 g/mol. The molecule has 0 aliphatic heterocycles. The summed E-state index contributed by atoms with van der Waals surface area (Å²) in [6, 6.07) is 6.85. The number of hydrogen-bond donors (Lipinski definition) is 0. The first-order valence-electron chi connectivity index (χ1n) is 21.6. The fourth-order valence-corrected chi connectivity index (χ4v) is 13.0. The number of benzene rings is 1. The van der Waals surface area contributed by atoms with Crippen LogP contribution in [-0.2, 0) is 24.9 Å². The van der Waals surface area contributed by atoms with Crippen LogP contribution >= 0.6 is 30.1 Å². The van der Waals surface area contributed by atoms with Crippen molar-refractivity contribution in [2.24, 2.45) is 17.3 Å². The van der Waals surface area contributed by atoms with Crippen LogP contribution in [0.3, 0.4) is 0 Å². The maximum Gasteiger partial charge on any atom is 2.00 e. The topological polar surface area (TPSA) is 53.8 Å². The van der Waals surface area contributed by atoms with Crippen molar-refractivity contribution in [2.75, 3.05) is 45.3 Å². The van der Waals surface area contributed by atoms with Crippen molar-refractivity contribution in [1.82, 2.24) is 4.67 Å². The van der Waals surface area contributed by atoms with E-state index in [1.807, 2.05) is 27.7 Å². The molecule has 6 unspecified atom stereocenters. The molecule has 6 atom stereocenters. The van der Waals surface area contributed by atoms with Crippen LogP contribution in [0.5, 0.6) is 5.75 Å². The fraction of sp³-hybridized carbons (Fsp3) is 0.800. The van der Waals surface area contributed by atoms with Gasteiger partial charge in [0.05, 0.1) is 19.3 Å². The third-order valence-corrected chi connectivity index (χ3v) is 17.1. The van der Waals surface area contributed by atoms with Gasteiger partial charge < -0.3 is 42.0 Å². The summed E-state index contributed by atoms with van der Waals surface area (Å²) in [5.74, 6) is 3.03. The Morgan fingerprint density at radius 3 is 2.05 bits per heavy atom. The number of fused-ring (bicyclic) bond motifs is 5. The second kappa shape index (κ2) is 27.5. The number of aryl methyl sites for hydroxylation is 1. The normalized spacial score (nSPS) is 22.8. The van der Waals surface area contributed by atoms with Crippen LogP contribution in [0.25, 0.3) is 4.85 Å². The van der Waals surface area contributed by atoms with Gasteiger partial charge in [0.25, 0.3) is 8.53 Å². The minimum absolute atomic E-state index is 0. The van der Waals surface area contributed by atoms with E-state index in [4.69, 9.17) is 25.1 Å². The molecule has 374 valence electrons. The smallest absolute Gasteiger partial charge is 0.525 e. The van der Waals surface area contributed by atoms with E-state index in [-0.39, 0.29) is 61.4 Å². The summed E-state index contributed by atoms with van der Waals surface area (Å²) in [4.78, 5) is 3.36. The van der Waals surface area contributed by atoms with E-state index in [9.17, 15) is 39.5 Å². The molecule has 1 aromatic rings. The Hall–Kier alpha value is -0.138. The summed E-state index contributed by atoms with van der Waals surface area (Å²) in [6.07, 6.45) is -13.7. The summed E-state index contributed by atoms with van der Waals surface area (Å²) < 4.78 is 147. The number of halogens is 9. The first-order valence-corrected chi connectivity index (χ1v) is 25.0. The van der Waals surface area contributed by atoms with Crippen LogP contribution < -0.4 is 4.74 Å². The van der Waals surface area contributed by atoms with Crippen LogP contribution in [0.15, 0.2) is 18.2 Å². The number of unbranched alkanes of at least 4 members (excludes halogenated alkanes) is 1. The van der Waals surface area contributed by atoms with E-state index in [1.54, 1.807) is 0 Å². The molecule has 1 aromatic carbocycles. The van der Waals surface area contributed by atoms with Gasteiger partial charge in [0.15, 0.2) is 0 Å². The predicted octanol–water partition coefficient (Wildman–Crippen LogP) is 14.7. The maximum atomic E-state index is 13.0. The Morgan fingerprint density at radius 2 is 1.49 bits per heavy atom. The quantitative estimate of drug-likeness (QED) is 0.0374. The van der Waals surface area contributed by atoms with Gasteiger partial charge in [0.2, 0.25) is 6.54 Å². The van der Waals surface area contributed by atoms with E-state index in [0.29, 0.717) is 62.6 Å². The first-order chi connectivity index (χ1) is 29.3. The molecule has 0 spiro atoms. The number of alkyl halides is 9. The molecule has 4 rings (SSSR count). The van der Waals surface area contributed by atoms with Gasteiger partial charge in [0.1, 0.15) is 12.4 Å². The number of rotatable bonds is 22. The monoisotopic (exact) mass is 1220 g/mol. The Labute approximate surface area is 415 Å². The molecule has 7 nitrogen and oxygen atoms in total. The average molecular weight is 1220 g/mol. The molecule has 0 saturated heterocycles. The zero-order valence-corrected chi connectivity index (χ0v) is 44.7. The third-order valence-electron chi connectivity index (χ3n) is 11.8. The van der Waals surface area contributed by atoms with Gasteiger partial charge in [-0.25, -0.2) is 11.2 Å². The van der Waals surface area contributed by atoms with E-state index in [2.05, 4.69) is 88.7 Å². The Bertz CT molecular complexity index is 1540. The molecule has 65 heavy (non-hydrogen) atoms. The van der Waals surface area contributed by atoms with Crippen LogP contribution in [0, 0.1) is 68.8 Å². The number of hydrogen-bond acceptors (Lipinski definition) is 8. The largest absolute Gasteiger partial charge is 2.00 e. The molecular formula is C45H70F9N2O5PS2U. The van der Waals surface area contributed by atoms with Gasteiger partial charge in [0, 0.05) is 24.4 Å². The molecule has 0 amide bonds. The van der Waals surface area contributed by atoms with Crippen molar-refractivity contribution in [2.45, 2.75) is 167 Å². The summed E-state index contributed by atoms with van der Waals surface area (Å²) >= 11 is 0. The van der Waals surface area contributed by atoms with E-state index >= 15 is 0 Å². The van der Waals surface area contributed by atoms with Gasteiger partial charge in [-0.3, -0.25) is 0 Å². The first kappa shape index (κ1) is 62.9. The molecule has 3 aliphatic rings. The molecule has 0 N–H and O–H groups in total. The summed E-state index contributed by atoms with van der Waals surface area (Å²) in [7, 11) is 2.62. The molecule has 20 heteroatoms. The van der Waals surface area contributed by atoms with Crippen LogP contribution in [-0.4, -0.2) is 97.1 Å². The Morgan fingerprint density at radius 1 is 0.877 bits per heavy atom. The molecule has 2 saturated carbocycles. The van der Waals surface area contributed by atoms with Crippen molar-refractivity contribution < 1.29 is 93.9 Å². The molecule has 0 aromatic heterocycles. The van der Waals surface area contributed by atoms with E-state index in [0.717, 1.165) is 56.4 Å². The van der Waals surface area contributed by atoms with Gasteiger partial charge in [-0.2, -0.15) is 39.5 Å². The third kappa shape index (κ3) is 17.0. The Kier molecular flexibility index (Phi) is 26.6. The second-order valence-electron chi connectivity index (χ2n) is 17.7. The zero-order valence-electron chi connectivity index (χ0n) is 38.0. The van der Waals surface area contributed by atoms with E-state index < -0.39 is 45.7 Å². The van der Waals surface area contributed by atoms with Crippen molar-refractivity contribution >= 4 is 30.1 Å². The van der Waals surface area contributed by atoms with Crippen molar-refractivity contribution in [3.63, 3.8) is 0 Å². The van der Waals surface area contributed by atoms with Gasteiger partial charge in [-0.15, -0.1) is 15.5 Å². The van der Waals surface area contributed by atoms with Crippen LogP contribution in [0.1, 0.15) is 124 Å². The summed E-state index contributed by atoms with van der Waals surface area (Å²) in [5.41, 5.74) is -3.89. The second-order valence-corrected chi connectivity index (χ2v) is 22.3. The SMILES string of the molecule is C.[C-]#[N+]CCOP(OCCCCSSC([CH2-])(C)C)N(C(C)C)C(C)C.[CH2-]COc1ccc2c(c1)CCC1C2CCC2(C)C(OCCCOC(C(F)(F)F)(C(F)(F)F)C(F)(F)F)CCC12.[U+2]. The molecule has 0 radical (unpaired) electrons. The maximum absolute atomic E-state index is 13.0. The van der Waals surface area contributed by atoms with Gasteiger partial charge in [-0.1, -0.05) is 45.1 Å². The van der Waals surface area contributed by atoms with Crippen molar-refractivity contribution in [3.8, 4) is 5.75 Å². The molecule has 0 bridgehead atoms. The predicted molar refractivity (Wildman–Crippen MR) is 241 cm³/mol. The molecule has 2 fully saturated rings. The van der Waals surface area contributed by atoms with E-state index in [1.165, 1.54) is 11.1 Å². The summed E-state index contributed by atoms with van der Waals surface area (Å²) in [5, 5.41) is 0. The minimum atomic E-state index is -6.73. The number of ether oxygens (including phenoxy) is 3. The average Bonchev–Trinajstić information content (AvgIpc) is 3.49. The van der Waals surface area contributed by atoms with Gasteiger partial charge in [-0.05, 0) is 139 Å².